The second-order valence-corrected chi connectivity index (χ2v) is 7.09. The van der Waals surface area contributed by atoms with Gasteiger partial charge < -0.3 is 15.0 Å². The van der Waals surface area contributed by atoms with Crippen molar-refractivity contribution in [2.24, 2.45) is 5.92 Å². The summed E-state index contributed by atoms with van der Waals surface area (Å²) in [6, 6.07) is 15.0. The van der Waals surface area contributed by atoms with Crippen LogP contribution in [0.4, 0.5) is 0 Å². The van der Waals surface area contributed by atoms with E-state index in [0.717, 1.165) is 21.3 Å². The molecule has 0 saturated carbocycles. The maximum absolute atomic E-state index is 12.3. The fraction of sp³-hybridized carbons (Fsp3) is 0.263. The van der Waals surface area contributed by atoms with Gasteiger partial charge in [0.25, 0.3) is 5.91 Å². The van der Waals surface area contributed by atoms with Crippen LogP contribution in [0.5, 0.6) is 5.75 Å². The zero-order valence-electron chi connectivity index (χ0n) is 14.1. The predicted octanol–water partition coefficient (Wildman–Crippen LogP) is 4.22. The van der Waals surface area contributed by atoms with Gasteiger partial charge >= 0.3 is 0 Å². The van der Waals surface area contributed by atoms with E-state index >= 15 is 0 Å². The number of hydrogen-bond acceptors (Lipinski definition) is 3. The third-order valence-corrected chi connectivity index (χ3v) is 4.40. The molecule has 6 heteroatoms. The van der Waals surface area contributed by atoms with E-state index in [1.807, 2.05) is 62.4 Å². The van der Waals surface area contributed by atoms with E-state index in [1.165, 1.54) is 0 Å². The number of aromatic amines is 1. The number of para-hydroxylation sites is 2. The zero-order chi connectivity index (χ0) is 17.8. The summed E-state index contributed by atoms with van der Waals surface area (Å²) in [5.74, 6) is 1.43. The number of halogens is 1. The number of benzene rings is 2. The molecular weight excluding hydrogens is 382 g/mol. The van der Waals surface area contributed by atoms with E-state index < -0.39 is 0 Å². The second-order valence-electron chi connectivity index (χ2n) is 6.17. The number of nitrogens with zero attached hydrogens (tertiary/aromatic N) is 1. The quantitative estimate of drug-likeness (QED) is 0.649. The zero-order valence-corrected chi connectivity index (χ0v) is 15.7. The smallest absolute Gasteiger partial charge is 0.258 e. The van der Waals surface area contributed by atoms with Crippen molar-refractivity contribution < 1.29 is 9.53 Å². The van der Waals surface area contributed by atoms with Gasteiger partial charge in [-0.25, -0.2) is 4.98 Å². The average Bonchev–Trinajstić information content (AvgIpc) is 3.02. The third kappa shape index (κ3) is 4.39. The first-order valence-electron chi connectivity index (χ1n) is 8.15. The van der Waals surface area contributed by atoms with Crippen LogP contribution in [0.15, 0.2) is 53.0 Å². The van der Waals surface area contributed by atoms with Gasteiger partial charge in [0, 0.05) is 4.47 Å². The van der Waals surface area contributed by atoms with Crippen LogP contribution in [0.25, 0.3) is 11.0 Å². The summed E-state index contributed by atoms with van der Waals surface area (Å²) < 4.78 is 6.50. The van der Waals surface area contributed by atoms with Crippen LogP contribution in [-0.2, 0) is 4.79 Å². The second kappa shape index (κ2) is 7.70. The minimum Gasteiger partial charge on any atom is -0.484 e. The first-order chi connectivity index (χ1) is 12.0. The minimum atomic E-state index is -0.201. The molecule has 130 valence electrons. The van der Waals surface area contributed by atoms with Crippen LogP contribution in [-0.4, -0.2) is 22.5 Å². The molecule has 0 spiro atoms. The summed E-state index contributed by atoms with van der Waals surface area (Å²) in [4.78, 5) is 20.2. The Morgan fingerprint density at radius 1 is 1.20 bits per heavy atom. The topological polar surface area (TPSA) is 67.0 Å². The highest BCUT2D eigenvalue weighted by atomic mass is 79.9. The molecule has 0 radical (unpaired) electrons. The Morgan fingerprint density at radius 2 is 1.92 bits per heavy atom. The first kappa shape index (κ1) is 17.5. The summed E-state index contributed by atoms with van der Waals surface area (Å²) >= 11 is 3.37. The van der Waals surface area contributed by atoms with Crippen LogP contribution in [0, 0.1) is 5.92 Å². The third-order valence-electron chi connectivity index (χ3n) is 3.87. The van der Waals surface area contributed by atoms with Crippen molar-refractivity contribution in [3.05, 3.63) is 58.8 Å². The van der Waals surface area contributed by atoms with Gasteiger partial charge in [0.1, 0.15) is 11.6 Å². The molecule has 3 rings (SSSR count). The largest absolute Gasteiger partial charge is 0.484 e. The van der Waals surface area contributed by atoms with Gasteiger partial charge in [-0.3, -0.25) is 4.79 Å². The maximum Gasteiger partial charge on any atom is 0.258 e. The molecular formula is C19H20BrN3O2. The van der Waals surface area contributed by atoms with E-state index in [4.69, 9.17) is 4.74 Å². The highest BCUT2D eigenvalue weighted by molar-refractivity contribution is 9.10. The van der Waals surface area contributed by atoms with Crippen molar-refractivity contribution in [1.29, 1.82) is 0 Å². The standard InChI is InChI=1S/C19H20BrN3O2/c1-12(2)18(19-21-15-5-3-4-6-16(15)22-19)23-17(24)11-25-14-9-7-13(20)8-10-14/h3-10,12,18H,11H2,1-2H3,(H,21,22)(H,23,24). The summed E-state index contributed by atoms with van der Waals surface area (Å²) in [6.45, 7) is 4.06. The summed E-state index contributed by atoms with van der Waals surface area (Å²) in [5, 5.41) is 3.01. The fourth-order valence-corrected chi connectivity index (χ4v) is 2.83. The van der Waals surface area contributed by atoms with E-state index in [9.17, 15) is 4.79 Å². The number of aromatic nitrogens is 2. The number of rotatable bonds is 6. The molecule has 1 amide bonds. The Labute approximate surface area is 154 Å². The number of carbonyl (C=O) groups is 1. The number of fused-ring (bicyclic) bond motifs is 1. The molecule has 5 nitrogen and oxygen atoms in total. The molecule has 1 heterocycles. The van der Waals surface area contributed by atoms with Gasteiger partial charge in [0.05, 0.1) is 17.1 Å². The van der Waals surface area contributed by atoms with Crippen molar-refractivity contribution in [3.63, 3.8) is 0 Å². The van der Waals surface area contributed by atoms with E-state index in [2.05, 4.69) is 31.2 Å². The average molecular weight is 402 g/mol. The molecule has 2 N–H and O–H groups in total. The number of hydrogen-bond donors (Lipinski definition) is 2. The van der Waals surface area contributed by atoms with Crippen LogP contribution in [0.1, 0.15) is 25.7 Å². The molecule has 1 atom stereocenters. The maximum atomic E-state index is 12.3. The van der Waals surface area contributed by atoms with Gasteiger partial charge in [-0.05, 0) is 42.3 Å². The Hall–Kier alpha value is -2.34. The monoisotopic (exact) mass is 401 g/mol. The van der Waals surface area contributed by atoms with Crippen molar-refractivity contribution >= 4 is 32.9 Å². The van der Waals surface area contributed by atoms with Crippen molar-refractivity contribution in [2.45, 2.75) is 19.9 Å². The summed E-state index contributed by atoms with van der Waals surface area (Å²) in [7, 11) is 0. The minimum absolute atomic E-state index is 0.0366. The Bertz CT molecular complexity index is 825. The molecule has 0 bridgehead atoms. The highest BCUT2D eigenvalue weighted by Gasteiger charge is 2.22. The van der Waals surface area contributed by atoms with Gasteiger partial charge in [0.2, 0.25) is 0 Å². The van der Waals surface area contributed by atoms with Crippen LogP contribution < -0.4 is 10.1 Å². The normalized spacial score (nSPS) is 12.3. The molecule has 0 fully saturated rings. The number of ether oxygens (including phenoxy) is 1. The van der Waals surface area contributed by atoms with Crippen LogP contribution >= 0.6 is 15.9 Å². The Kier molecular flexibility index (Phi) is 5.38. The number of carbonyl (C=O) groups excluding carboxylic acids is 1. The van der Waals surface area contributed by atoms with E-state index in [0.29, 0.717) is 5.75 Å². The predicted molar refractivity (Wildman–Crippen MR) is 101 cm³/mol. The number of amides is 1. The highest BCUT2D eigenvalue weighted by Crippen LogP contribution is 2.22. The lowest BCUT2D eigenvalue weighted by atomic mass is 10.0. The Morgan fingerprint density at radius 3 is 2.60 bits per heavy atom. The Balaban J connectivity index is 1.66. The molecule has 3 aromatic rings. The molecule has 1 aromatic heterocycles. The lowest BCUT2D eigenvalue weighted by Gasteiger charge is -2.20. The van der Waals surface area contributed by atoms with E-state index in [1.54, 1.807) is 0 Å². The molecule has 0 aliphatic carbocycles. The molecule has 0 aliphatic rings. The number of imidazole rings is 1. The van der Waals surface area contributed by atoms with Gasteiger partial charge in [-0.15, -0.1) is 0 Å². The number of H-pyrrole nitrogens is 1. The van der Waals surface area contributed by atoms with Crippen LogP contribution in [0.3, 0.4) is 0 Å². The van der Waals surface area contributed by atoms with Crippen LogP contribution in [0.2, 0.25) is 0 Å². The SMILES string of the molecule is CC(C)C(NC(=O)COc1ccc(Br)cc1)c1nc2ccccc2[nH]1. The van der Waals surface area contributed by atoms with E-state index in [-0.39, 0.29) is 24.5 Å². The molecule has 1 unspecified atom stereocenters. The summed E-state index contributed by atoms with van der Waals surface area (Å²) in [6.07, 6.45) is 0. The number of nitrogens with one attached hydrogen (secondary N) is 2. The molecule has 2 aromatic carbocycles. The van der Waals surface area contributed by atoms with Crippen molar-refractivity contribution in [3.8, 4) is 5.75 Å². The van der Waals surface area contributed by atoms with Crippen molar-refractivity contribution in [1.82, 2.24) is 15.3 Å². The van der Waals surface area contributed by atoms with Crippen molar-refractivity contribution in [2.75, 3.05) is 6.61 Å². The summed E-state index contributed by atoms with van der Waals surface area (Å²) in [5.41, 5.74) is 1.85. The lowest BCUT2D eigenvalue weighted by molar-refractivity contribution is -0.124. The van der Waals surface area contributed by atoms with Gasteiger partial charge in [-0.2, -0.15) is 0 Å². The fourth-order valence-electron chi connectivity index (χ4n) is 2.57. The lowest BCUT2D eigenvalue weighted by Crippen LogP contribution is -2.35. The first-order valence-corrected chi connectivity index (χ1v) is 8.94. The van der Waals surface area contributed by atoms with Gasteiger partial charge in [0.15, 0.2) is 6.61 Å². The molecule has 0 aliphatic heterocycles. The molecule has 0 saturated heterocycles. The molecule has 25 heavy (non-hydrogen) atoms. The van der Waals surface area contributed by atoms with Gasteiger partial charge in [-0.1, -0.05) is 41.9 Å².